The molecule has 0 fully saturated rings. The number of benzene rings is 1. The van der Waals surface area contributed by atoms with E-state index in [1.165, 1.54) is 7.05 Å². The first-order chi connectivity index (χ1) is 11.3. The van der Waals surface area contributed by atoms with Crippen molar-refractivity contribution in [1.29, 1.82) is 0 Å². The first-order valence-corrected chi connectivity index (χ1v) is 6.48. The van der Waals surface area contributed by atoms with Crippen molar-refractivity contribution in [1.82, 2.24) is 15.1 Å². The second-order valence-electron chi connectivity index (χ2n) is 4.77. The number of aliphatic hydroxyl groups is 1. The van der Waals surface area contributed by atoms with Crippen molar-refractivity contribution in [3.63, 3.8) is 0 Å². The number of nitro groups is 1. The molecule has 0 aliphatic heterocycles. The second-order valence-corrected chi connectivity index (χ2v) is 4.77. The fourth-order valence-corrected chi connectivity index (χ4v) is 2.06. The molecule has 0 bridgehead atoms. The number of amides is 1. The normalized spacial score (nSPS) is 12.0. The Kier molecular flexibility index (Phi) is 4.83. The molecule has 2 rings (SSSR count). The number of rotatable bonds is 5. The van der Waals surface area contributed by atoms with E-state index in [2.05, 4.69) is 10.4 Å². The minimum Gasteiger partial charge on any atom is -0.394 e. The number of carbonyl (C=O) groups excluding carboxylic acids is 1. The summed E-state index contributed by atoms with van der Waals surface area (Å²) in [6, 6.07) is -0.0920. The van der Waals surface area contributed by atoms with Gasteiger partial charge in [-0.05, 0) is 17.7 Å². The van der Waals surface area contributed by atoms with Gasteiger partial charge in [-0.2, -0.15) is 5.10 Å². The molecule has 0 saturated carbocycles. The van der Waals surface area contributed by atoms with Crippen LogP contribution in [0.15, 0.2) is 18.3 Å². The highest BCUT2D eigenvalue weighted by atomic mass is 19.2. The maximum absolute atomic E-state index is 13.3. The van der Waals surface area contributed by atoms with Crippen LogP contribution in [-0.2, 0) is 7.05 Å². The highest BCUT2D eigenvalue weighted by Gasteiger charge is 2.28. The van der Waals surface area contributed by atoms with Crippen LogP contribution in [0.2, 0.25) is 0 Å². The Morgan fingerprint density at radius 3 is 2.50 bits per heavy atom. The summed E-state index contributed by atoms with van der Waals surface area (Å²) in [6.45, 7) is -0.776. The van der Waals surface area contributed by atoms with E-state index in [4.69, 9.17) is 0 Å². The number of nitrogens with one attached hydrogen (secondary N) is 1. The van der Waals surface area contributed by atoms with Crippen LogP contribution in [0.1, 0.15) is 22.1 Å². The van der Waals surface area contributed by atoms with Gasteiger partial charge in [-0.1, -0.05) is 0 Å². The maximum Gasteiger partial charge on any atom is 0.320 e. The fourth-order valence-electron chi connectivity index (χ4n) is 2.06. The third-order valence-corrected chi connectivity index (χ3v) is 3.23. The van der Waals surface area contributed by atoms with Gasteiger partial charge >= 0.3 is 5.69 Å². The van der Waals surface area contributed by atoms with Crippen LogP contribution in [0, 0.1) is 27.6 Å². The second kappa shape index (κ2) is 6.66. The topological polar surface area (TPSA) is 110 Å². The third kappa shape index (κ3) is 3.20. The van der Waals surface area contributed by atoms with E-state index < -0.39 is 52.3 Å². The zero-order valence-corrected chi connectivity index (χ0v) is 12.2. The Morgan fingerprint density at radius 2 is 2.00 bits per heavy atom. The van der Waals surface area contributed by atoms with Gasteiger partial charge in [0.1, 0.15) is 6.20 Å². The van der Waals surface area contributed by atoms with Gasteiger partial charge in [-0.3, -0.25) is 19.6 Å². The molecule has 11 heteroatoms. The molecule has 24 heavy (non-hydrogen) atoms. The third-order valence-electron chi connectivity index (χ3n) is 3.23. The van der Waals surface area contributed by atoms with Crippen LogP contribution >= 0.6 is 0 Å². The van der Waals surface area contributed by atoms with Crippen LogP contribution in [0.4, 0.5) is 18.9 Å². The van der Waals surface area contributed by atoms with E-state index in [0.29, 0.717) is 12.1 Å². The van der Waals surface area contributed by atoms with Crippen LogP contribution in [0.3, 0.4) is 0 Å². The number of aliphatic hydroxyl groups excluding tert-OH is 1. The van der Waals surface area contributed by atoms with Gasteiger partial charge in [0.15, 0.2) is 17.5 Å². The molecule has 1 amide bonds. The summed E-state index contributed by atoms with van der Waals surface area (Å²) in [5.74, 6) is -5.68. The van der Waals surface area contributed by atoms with Gasteiger partial charge in [0.2, 0.25) is 5.69 Å². The van der Waals surface area contributed by atoms with Crippen molar-refractivity contribution >= 4 is 11.6 Å². The van der Waals surface area contributed by atoms with E-state index in [1.807, 2.05) is 0 Å². The molecule has 0 spiro atoms. The SMILES string of the molecule is Cn1ncc([N+](=O)[O-])c1C(=O)NC(CO)c1cc(F)c(F)c(F)c1. The lowest BCUT2D eigenvalue weighted by Crippen LogP contribution is -2.32. The first-order valence-electron chi connectivity index (χ1n) is 6.48. The van der Waals surface area contributed by atoms with Crippen LogP contribution in [0.5, 0.6) is 0 Å². The number of nitrogens with zero attached hydrogens (tertiary/aromatic N) is 3. The summed E-state index contributed by atoms with van der Waals surface area (Å²) in [6.07, 6.45) is 0.861. The number of carbonyl (C=O) groups is 1. The van der Waals surface area contributed by atoms with Gasteiger partial charge in [0, 0.05) is 7.05 Å². The largest absolute Gasteiger partial charge is 0.394 e. The van der Waals surface area contributed by atoms with E-state index in [1.54, 1.807) is 0 Å². The Labute approximate surface area is 132 Å². The van der Waals surface area contributed by atoms with E-state index in [-0.39, 0.29) is 5.56 Å². The molecule has 1 unspecified atom stereocenters. The highest BCUT2D eigenvalue weighted by Crippen LogP contribution is 2.21. The molecule has 0 aliphatic carbocycles. The molecule has 0 radical (unpaired) electrons. The van der Waals surface area contributed by atoms with Gasteiger partial charge < -0.3 is 10.4 Å². The maximum atomic E-state index is 13.3. The molecule has 1 aromatic heterocycles. The number of hydrogen-bond acceptors (Lipinski definition) is 5. The van der Waals surface area contributed by atoms with Crippen LogP contribution in [0.25, 0.3) is 0 Å². The molecule has 128 valence electrons. The molecular formula is C13H11F3N4O4. The minimum atomic E-state index is -1.69. The monoisotopic (exact) mass is 344 g/mol. The number of hydrogen-bond donors (Lipinski definition) is 2. The van der Waals surface area contributed by atoms with Gasteiger partial charge in [-0.15, -0.1) is 0 Å². The quantitative estimate of drug-likeness (QED) is 0.481. The number of aryl methyl sites for hydroxylation is 1. The summed E-state index contributed by atoms with van der Waals surface area (Å²) in [7, 11) is 1.28. The van der Waals surface area contributed by atoms with Crippen molar-refractivity contribution in [2.45, 2.75) is 6.04 Å². The van der Waals surface area contributed by atoms with Crippen molar-refractivity contribution < 1.29 is 28.0 Å². The fraction of sp³-hybridized carbons (Fsp3) is 0.231. The molecule has 2 N–H and O–H groups in total. The van der Waals surface area contributed by atoms with Crippen molar-refractivity contribution in [2.24, 2.45) is 7.05 Å². The smallest absolute Gasteiger partial charge is 0.320 e. The predicted molar refractivity (Wildman–Crippen MR) is 73.5 cm³/mol. The molecule has 1 aromatic carbocycles. The zero-order chi connectivity index (χ0) is 18.0. The number of halogens is 3. The number of aromatic nitrogens is 2. The van der Waals surface area contributed by atoms with Crippen molar-refractivity contribution in [3.8, 4) is 0 Å². The van der Waals surface area contributed by atoms with Gasteiger partial charge in [-0.25, -0.2) is 13.2 Å². The van der Waals surface area contributed by atoms with Crippen molar-refractivity contribution in [3.05, 3.63) is 57.2 Å². The van der Waals surface area contributed by atoms with Crippen LogP contribution in [-0.4, -0.2) is 32.3 Å². The lowest BCUT2D eigenvalue weighted by atomic mass is 10.1. The lowest BCUT2D eigenvalue weighted by molar-refractivity contribution is -0.385. The van der Waals surface area contributed by atoms with Crippen molar-refractivity contribution in [2.75, 3.05) is 6.61 Å². The zero-order valence-electron chi connectivity index (χ0n) is 12.2. The summed E-state index contributed by atoms with van der Waals surface area (Å²) in [5, 5.41) is 26.0. The van der Waals surface area contributed by atoms with Gasteiger partial charge in [0.05, 0.1) is 17.6 Å². The molecule has 1 heterocycles. The Morgan fingerprint density at radius 1 is 1.42 bits per heavy atom. The standard InChI is InChI=1S/C13H11F3N4O4/c1-19-12(10(4-17-19)20(23)24)13(22)18-9(5-21)6-2-7(14)11(16)8(15)3-6/h2-4,9,21H,5H2,1H3,(H,18,22). The van der Waals surface area contributed by atoms with E-state index in [0.717, 1.165) is 10.9 Å². The summed E-state index contributed by atoms with van der Waals surface area (Å²) in [5.41, 5.74) is -1.24. The summed E-state index contributed by atoms with van der Waals surface area (Å²) >= 11 is 0. The lowest BCUT2D eigenvalue weighted by Gasteiger charge is -2.17. The average molecular weight is 344 g/mol. The first kappa shape index (κ1) is 17.4. The Bertz CT molecular complexity index is 786. The van der Waals surface area contributed by atoms with Crippen LogP contribution < -0.4 is 5.32 Å². The molecule has 8 nitrogen and oxygen atoms in total. The Balaban J connectivity index is 2.33. The highest BCUT2D eigenvalue weighted by molar-refractivity contribution is 5.96. The van der Waals surface area contributed by atoms with E-state index >= 15 is 0 Å². The molecule has 0 aliphatic rings. The van der Waals surface area contributed by atoms with Gasteiger partial charge in [0.25, 0.3) is 5.91 Å². The molecule has 2 aromatic rings. The van der Waals surface area contributed by atoms with E-state index in [9.17, 15) is 33.2 Å². The molecule has 0 saturated heterocycles. The molecular weight excluding hydrogens is 333 g/mol. The molecule has 1 atom stereocenters. The Hall–Kier alpha value is -2.95. The predicted octanol–water partition coefficient (Wildman–Crippen LogP) is 1.21. The summed E-state index contributed by atoms with van der Waals surface area (Å²) in [4.78, 5) is 22.2. The average Bonchev–Trinajstić information content (AvgIpc) is 2.91. The summed E-state index contributed by atoms with van der Waals surface area (Å²) < 4.78 is 40.4. The minimum absolute atomic E-state index is 0.243.